The Morgan fingerprint density at radius 2 is 2.21 bits per heavy atom. The average molecular weight is 265 g/mol. The maximum atomic E-state index is 9.83. The van der Waals surface area contributed by atoms with E-state index in [1.165, 1.54) is 19.3 Å². The Bertz CT molecular complexity index is 342. The molecule has 2 N–H and O–H groups in total. The van der Waals surface area contributed by atoms with Gasteiger partial charge in [0.05, 0.1) is 24.5 Å². The van der Waals surface area contributed by atoms with E-state index in [0.717, 1.165) is 18.5 Å². The van der Waals surface area contributed by atoms with Crippen LogP contribution in [0.3, 0.4) is 0 Å². The first-order valence-electron chi connectivity index (χ1n) is 7.11. The number of nitrogens with zero attached hydrogens (tertiary/aromatic N) is 2. The lowest BCUT2D eigenvalue weighted by molar-refractivity contribution is -0.0230. The predicted molar refractivity (Wildman–Crippen MR) is 72.6 cm³/mol. The van der Waals surface area contributed by atoms with Crippen molar-refractivity contribution in [2.45, 2.75) is 50.9 Å². The van der Waals surface area contributed by atoms with Crippen molar-refractivity contribution in [1.29, 1.82) is 0 Å². The Morgan fingerprint density at radius 1 is 1.37 bits per heavy atom. The maximum absolute atomic E-state index is 9.83. The molecule has 1 aromatic rings. The van der Waals surface area contributed by atoms with Crippen LogP contribution < -0.4 is 5.32 Å². The molecule has 1 aromatic heterocycles. The molecule has 0 bridgehead atoms. The van der Waals surface area contributed by atoms with E-state index in [4.69, 9.17) is 4.74 Å². The molecule has 5 nitrogen and oxygen atoms in total. The van der Waals surface area contributed by atoms with E-state index in [-0.39, 0.29) is 0 Å². The molecule has 0 saturated heterocycles. The second-order valence-corrected chi connectivity index (χ2v) is 5.09. The Morgan fingerprint density at radius 3 is 2.95 bits per heavy atom. The van der Waals surface area contributed by atoms with E-state index >= 15 is 0 Å². The summed E-state index contributed by atoms with van der Waals surface area (Å²) in [5.74, 6) is 0. The van der Waals surface area contributed by atoms with E-state index < -0.39 is 6.10 Å². The van der Waals surface area contributed by atoms with Gasteiger partial charge in [-0.25, -0.2) is 0 Å². The van der Waals surface area contributed by atoms with Crippen molar-refractivity contribution in [3.63, 3.8) is 0 Å². The minimum absolute atomic E-state index is 0.350. The number of aliphatic hydroxyl groups is 1. The summed E-state index contributed by atoms with van der Waals surface area (Å²) in [6.45, 7) is 1.55. The molecular formula is C14H23N3O2. The minimum atomic E-state index is -0.460. The molecule has 0 aromatic carbocycles. The van der Waals surface area contributed by atoms with Crippen LogP contribution in [-0.4, -0.2) is 40.7 Å². The third-order valence-electron chi connectivity index (χ3n) is 3.39. The van der Waals surface area contributed by atoms with E-state index in [9.17, 15) is 5.11 Å². The Kier molecular flexibility index (Phi) is 6.20. The molecule has 1 saturated carbocycles. The third kappa shape index (κ3) is 5.63. The van der Waals surface area contributed by atoms with Crippen molar-refractivity contribution >= 4 is 0 Å². The standard InChI is InChI=1S/C14H23N3O2/c18-13(11-19-14-6-2-1-3-7-14)10-15-9-12-5-4-8-16-17-12/h4-5,8,13-15,18H,1-3,6-7,9-11H2. The smallest absolute Gasteiger partial charge is 0.0897 e. The minimum Gasteiger partial charge on any atom is -0.389 e. The molecular weight excluding hydrogens is 242 g/mol. The zero-order valence-corrected chi connectivity index (χ0v) is 11.3. The van der Waals surface area contributed by atoms with Crippen LogP contribution in [-0.2, 0) is 11.3 Å². The number of rotatable bonds is 7. The van der Waals surface area contributed by atoms with Crippen molar-refractivity contribution in [3.8, 4) is 0 Å². The Balaban J connectivity index is 1.55. The quantitative estimate of drug-likeness (QED) is 0.777. The van der Waals surface area contributed by atoms with Gasteiger partial charge >= 0.3 is 0 Å². The van der Waals surface area contributed by atoms with E-state index in [1.54, 1.807) is 6.20 Å². The van der Waals surface area contributed by atoms with Gasteiger partial charge < -0.3 is 15.2 Å². The number of aromatic nitrogens is 2. The van der Waals surface area contributed by atoms with Gasteiger partial charge in [0, 0.05) is 19.3 Å². The molecule has 1 aliphatic rings. The normalized spacial score (nSPS) is 18.4. The molecule has 0 radical (unpaired) electrons. The van der Waals surface area contributed by atoms with Gasteiger partial charge in [-0.1, -0.05) is 19.3 Å². The predicted octanol–water partition coefficient (Wildman–Crippen LogP) is 1.28. The van der Waals surface area contributed by atoms with Crippen molar-refractivity contribution in [2.24, 2.45) is 0 Å². The van der Waals surface area contributed by atoms with Gasteiger partial charge in [0.1, 0.15) is 0 Å². The fourth-order valence-corrected chi connectivity index (χ4v) is 2.33. The lowest BCUT2D eigenvalue weighted by atomic mass is 9.98. The summed E-state index contributed by atoms with van der Waals surface area (Å²) in [4.78, 5) is 0. The van der Waals surface area contributed by atoms with Gasteiger partial charge in [0.2, 0.25) is 0 Å². The first-order valence-corrected chi connectivity index (χ1v) is 7.11. The fraction of sp³-hybridized carbons (Fsp3) is 0.714. The van der Waals surface area contributed by atoms with E-state index in [2.05, 4.69) is 15.5 Å². The first-order chi connectivity index (χ1) is 9.34. The zero-order chi connectivity index (χ0) is 13.3. The summed E-state index contributed by atoms with van der Waals surface area (Å²) in [6.07, 6.45) is 7.65. The highest BCUT2D eigenvalue weighted by molar-refractivity contribution is 4.98. The molecule has 0 spiro atoms. The summed E-state index contributed by atoms with van der Waals surface area (Å²) in [6, 6.07) is 3.76. The summed E-state index contributed by atoms with van der Waals surface area (Å²) < 4.78 is 5.73. The van der Waals surface area contributed by atoms with Crippen molar-refractivity contribution in [2.75, 3.05) is 13.2 Å². The summed E-state index contributed by atoms with van der Waals surface area (Å²) in [5.41, 5.74) is 0.878. The van der Waals surface area contributed by atoms with Crippen LogP contribution in [0.25, 0.3) is 0 Å². The SMILES string of the molecule is OC(CNCc1cccnn1)COC1CCCCC1. The lowest BCUT2D eigenvalue weighted by Gasteiger charge is -2.23. The van der Waals surface area contributed by atoms with Crippen LogP contribution >= 0.6 is 0 Å². The second kappa shape index (κ2) is 8.19. The summed E-state index contributed by atoms with van der Waals surface area (Å²) in [7, 11) is 0. The van der Waals surface area contributed by atoms with Crippen LogP contribution in [0.1, 0.15) is 37.8 Å². The number of hydrogen-bond acceptors (Lipinski definition) is 5. The molecule has 1 heterocycles. The van der Waals surface area contributed by atoms with Crippen molar-refractivity contribution in [3.05, 3.63) is 24.0 Å². The highest BCUT2D eigenvalue weighted by atomic mass is 16.5. The number of ether oxygens (including phenoxy) is 1. The molecule has 5 heteroatoms. The Labute approximate surface area is 114 Å². The van der Waals surface area contributed by atoms with Crippen molar-refractivity contribution in [1.82, 2.24) is 15.5 Å². The van der Waals surface area contributed by atoms with Gasteiger partial charge in [-0.05, 0) is 25.0 Å². The van der Waals surface area contributed by atoms with Crippen LogP contribution in [0.4, 0.5) is 0 Å². The topological polar surface area (TPSA) is 67.3 Å². The molecule has 0 amide bonds. The maximum Gasteiger partial charge on any atom is 0.0897 e. The summed E-state index contributed by atoms with van der Waals surface area (Å²) >= 11 is 0. The monoisotopic (exact) mass is 265 g/mol. The molecule has 2 rings (SSSR count). The highest BCUT2D eigenvalue weighted by Crippen LogP contribution is 2.20. The number of aliphatic hydroxyl groups excluding tert-OH is 1. The first kappa shape index (κ1) is 14.4. The molecule has 1 atom stereocenters. The summed E-state index contributed by atoms with van der Waals surface area (Å²) in [5, 5.41) is 20.8. The molecule has 106 valence electrons. The van der Waals surface area contributed by atoms with E-state index in [0.29, 0.717) is 25.8 Å². The zero-order valence-electron chi connectivity index (χ0n) is 11.3. The molecule has 1 unspecified atom stereocenters. The van der Waals surface area contributed by atoms with Gasteiger partial charge in [-0.2, -0.15) is 10.2 Å². The molecule has 19 heavy (non-hydrogen) atoms. The fourth-order valence-electron chi connectivity index (χ4n) is 2.33. The average Bonchev–Trinajstić information content (AvgIpc) is 2.47. The third-order valence-corrected chi connectivity index (χ3v) is 3.39. The Hall–Kier alpha value is -1.04. The van der Waals surface area contributed by atoms with Gasteiger partial charge in [-0.3, -0.25) is 0 Å². The van der Waals surface area contributed by atoms with Gasteiger partial charge in [0.15, 0.2) is 0 Å². The van der Waals surface area contributed by atoms with Crippen LogP contribution in [0.5, 0.6) is 0 Å². The van der Waals surface area contributed by atoms with E-state index in [1.807, 2.05) is 12.1 Å². The van der Waals surface area contributed by atoms with Crippen LogP contribution in [0.15, 0.2) is 18.3 Å². The van der Waals surface area contributed by atoms with Gasteiger partial charge in [0.25, 0.3) is 0 Å². The van der Waals surface area contributed by atoms with Gasteiger partial charge in [-0.15, -0.1) is 0 Å². The number of hydrogen-bond donors (Lipinski definition) is 2. The van der Waals surface area contributed by atoms with Crippen LogP contribution in [0, 0.1) is 0 Å². The molecule has 1 fully saturated rings. The van der Waals surface area contributed by atoms with Crippen molar-refractivity contribution < 1.29 is 9.84 Å². The molecule has 0 aliphatic heterocycles. The van der Waals surface area contributed by atoms with Crippen LogP contribution in [0.2, 0.25) is 0 Å². The highest BCUT2D eigenvalue weighted by Gasteiger charge is 2.15. The lowest BCUT2D eigenvalue weighted by Crippen LogP contribution is -2.32. The molecule has 1 aliphatic carbocycles. The second-order valence-electron chi connectivity index (χ2n) is 5.09. The largest absolute Gasteiger partial charge is 0.389 e. The number of nitrogens with one attached hydrogen (secondary N) is 1.